The van der Waals surface area contributed by atoms with E-state index in [1.807, 2.05) is 0 Å². The van der Waals surface area contributed by atoms with Gasteiger partial charge in [0, 0.05) is 24.4 Å². The number of carbonyl (C=O) groups excluding carboxylic acids is 1. The van der Waals surface area contributed by atoms with E-state index in [0.717, 1.165) is 0 Å². The number of carbonyl (C=O) groups is 2. The largest absolute Gasteiger partial charge is 0.481 e. The quantitative estimate of drug-likeness (QED) is 0.228. The van der Waals surface area contributed by atoms with E-state index in [2.05, 4.69) is 15.3 Å². The summed E-state index contributed by atoms with van der Waals surface area (Å²) < 4.78 is 10.2. The maximum Gasteiger partial charge on any atom is 0.303 e. The van der Waals surface area contributed by atoms with Gasteiger partial charge < -0.3 is 19.9 Å². The molecule has 0 aliphatic rings. The first kappa shape index (κ1) is 17.2. The highest BCUT2D eigenvalue weighted by atomic mass is 16.5. The molecule has 9 nitrogen and oxygen atoms in total. The molecule has 0 spiro atoms. The molecular formula is C10H18N4O5. The summed E-state index contributed by atoms with van der Waals surface area (Å²) in [7, 11) is 0. The van der Waals surface area contributed by atoms with Crippen molar-refractivity contribution in [3.05, 3.63) is 10.4 Å². The molecule has 0 saturated carbocycles. The zero-order valence-electron chi connectivity index (χ0n) is 10.6. The standard InChI is InChI=1S/C10H18N4O5/c11-14-13-4-6-19-8-7-18-5-3-12-9(15)1-2-10(16)17/h1-8H2,(H,12,15)(H,16,17). The second kappa shape index (κ2) is 12.6. The van der Waals surface area contributed by atoms with Crippen LogP contribution in [0, 0.1) is 0 Å². The lowest BCUT2D eigenvalue weighted by atomic mass is 10.3. The number of carboxylic acid groups (broad SMARTS) is 1. The summed E-state index contributed by atoms with van der Waals surface area (Å²) in [6.45, 7) is 2.06. The van der Waals surface area contributed by atoms with E-state index >= 15 is 0 Å². The van der Waals surface area contributed by atoms with Crippen LogP contribution < -0.4 is 5.32 Å². The Morgan fingerprint density at radius 3 is 2.47 bits per heavy atom. The molecule has 2 N–H and O–H groups in total. The number of azide groups is 1. The first-order valence-electron chi connectivity index (χ1n) is 5.81. The summed E-state index contributed by atoms with van der Waals surface area (Å²) in [5.41, 5.74) is 7.99. The molecule has 0 unspecified atom stereocenters. The second-order valence-electron chi connectivity index (χ2n) is 3.42. The van der Waals surface area contributed by atoms with Gasteiger partial charge in [-0.05, 0) is 5.53 Å². The molecule has 0 fully saturated rings. The molecule has 0 saturated heterocycles. The fourth-order valence-corrected chi connectivity index (χ4v) is 1.04. The third-order valence-electron chi connectivity index (χ3n) is 1.91. The SMILES string of the molecule is [N-]=[N+]=NCCOCCOCCNC(=O)CCC(=O)O. The Kier molecular flexibility index (Phi) is 11.4. The van der Waals surface area contributed by atoms with Crippen LogP contribution in [0.25, 0.3) is 10.4 Å². The zero-order valence-corrected chi connectivity index (χ0v) is 10.6. The van der Waals surface area contributed by atoms with Gasteiger partial charge in [0.05, 0.1) is 32.8 Å². The minimum absolute atomic E-state index is 0.0299. The number of aliphatic carboxylic acids is 1. The van der Waals surface area contributed by atoms with Gasteiger partial charge >= 0.3 is 5.97 Å². The minimum Gasteiger partial charge on any atom is -0.481 e. The molecule has 0 aromatic rings. The van der Waals surface area contributed by atoms with Gasteiger partial charge in [0.1, 0.15) is 0 Å². The third-order valence-corrected chi connectivity index (χ3v) is 1.91. The number of amides is 1. The Hall–Kier alpha value is -1.83. The van der Waals surface area contributed by atoms with E-state index < -0.39 is 5.97 Å². The summed E-state index contributed by atoms with van der Waals surface area (Å²) in [4.78, 5) is 23.9. The molecule has 9 heteroatoms. The van der Waals surface area contributed by atoms with Crippen molar-refractivity contribution in [3.8, 4) is 0 Å². The highest BCUT2D eigenvalue weighted by Crippen LogP contribution is 1.88. The smallest absolute Gasteiger partial charge is 0.303 e. The van der Waals surface area contributed by atoms with Gasteiger partial charge in [-0.25, -0.2) is 0 Å². The molecule has 0 radical (unpaired) electrons. The van der Waals surface area contributed by atoms with E-state index in [9.17, 15) is 9.59 Å². The molecule has 0 aliphatic carbocycles. The van der Waals surface area contributed by atoms with Crippen LogP contribution in [0.2, 0.25) is 0 Å². The predicted octanol–water partition coefficient (Wildman–Crippen LogP) is 0.311. The van der Waals surface area contributed by atoms with Crippen LogP contribution in [-0.4, -0.2) is 56.5 Å². The average Bonchev–Trinajstić information content (AvgIpc) is 2.38. The van der Waals surface area contributed by atoms with E-state index in [4.69, 9.17) is 20.1 Å². The van der Waals surface area contributed by atoms with Crippen LogP contribution in [0.15, 0.2) is 5.11 Å². The number of rotatable bonds is 12. The van der Waals surface area contributed by atoms with E-state index in [1.54, 1.807) is 0 Å². The molecule has 108 valence electrons. The van der Waals surface area contributed by atoms with Crippen LogP contribution in [-0.2, 0) is 19.1 Å². The van der Waals surface area contributed by atoms with Crippen molar-refractivity contribution in [2.75, 3.05) is 39.5 Å². The Bertz CT molecular complexity index is 317. The molecular weight excluding hydrogens is 256 g/mol. The van der Waals surface area contributed by atoms with Crippen molar-refractivity contribution in [2.45, 2.75) is 12.8 Å². The topological polar surface area (TPSA) is 134 Å². The Morgan fingerprint density at radius 2 is 1.84 bits per heavy atom. The maximum absolute atomic E-state index is 11.1. The third kappa shape index (κ3) is 14.1. The first-order chi connectivity index (χ1) is 9.16. The molecule has 0 atom stereocenters. The van der Waals surface area contributed by atoms with Gasteiger partial charge in [0.25, 0.3) is 0 Å². The van der Waals surface area contributed by atoms with Crippen LogP contribution in [0.3, 0.4) is 0 Å². The van der Waals surface area contributed by atoms with Crippen LogP contribution in [0.1, 0.15) is 12.8 Å². The molecule has 1 amide bonds. The lowest BCUT2D eigenvalue weighted by Crippen LogP contribution is -2.27. The zero-order chi connectivity index (χ0) is 14.3. The summed E-state index contributed by atoms with van der Waals surface area (Å²) in [5, 5.41) is 14.2. The highest BCUT2D eigenvalue weighted by molar-refractivity contribution is 5.80. The molecule has 0 aromatic carbocycles. The summed E-state index contributed by atoms with van der Waals surface area (Å²) in [6, 6.07) is 0. The number of hydrogen-bond acceptors (Lipinski definition) is 5. The fraction of sp³-hybridized carbons (Fsp3) is 0.800. The van der Waals surface area contributed by atoms with Gasteiger partial charge in [0.2, 0.25) is 5.91 Å². The highest BCUT2D eigenvalue weighted by Gasteiger charge is 2.03. The fourth-order valence-electron chi connectivity index (χ4n) is 1.04. The monoisotopic (exact) mass is 274 g/mol. The van der Waals surface area contributed by atoms with E-state index in [1.165, 1.54) is 0 Å². The second-order valence-corrected chi connectivity index (χ2v) is 3.42. The molecule has 0 aliphatic heterocycles. The van der Waals surface area contributed by atoms with E-state index in [0.29, 0.717) is 33.0 Å². The maximum atomic E-state index is 11.1. The number of nitrogens with one attached hydrogen (secondary N) is 1. The van der Waals surface area contributed by atoms with Crippen molar-refractivity contribution in [1.82, 2.24) is 5.32 Å². The molecule has 0 aromatic heterocycles. The molecule has 0 rings (SSSR count). The normalized spacial score (nSPS) is 9.68. The van der Waals surface area contributed by atoms with Gasteiger partial charge in [0.15, 0.2) is 0 Å². The average molecular weight is 274 g/mol. The Balaban J connectivity index is 3.20. The first-order valence-corrected chi connectivity index (χ1v) is 5.81. The van der Waals surface area contributed by atoms with Crippen molar-refractivity contribution >= 4 is 11.9 Å². The number of hydrogen-bond donors (Lipinski definition) is 2. The van der Waals surface area contributed by atoms with Gasteiger partial charge in [-0.3, -0.25) is 9.59 Å². The lowest BCUT2D eigenvalue weighted by Gasteiger charge is -2.06. The summed E-state index contributed by atoms with van der Waals surface area (Å²) in [6.07, 6.45) is -0.205. The van der Waals surface area contributed by atoms with Gasteiger partial charge in [-0.2, -0.15) is 0 Å². The van der Waals surface area contributed by atoms with Crippen molar-refractivity contribution in [3.63, 3.8) is 0 Å². The van der Waals surface area contributed by atoms with Crippen LogP contribution >= 0.6 is 0 Å². The van der Waals surface area contributed by atoms with Gasteiger partial charge in [-0.15, -0.1) is 0 Å². The minimum atomic E-state index is -0.996. The van der Waals surface area contributed by atoms with Crippen molar-refractivity contribution < 1.29 is 24.2 Å². The molecule has 0 bridgehead atoms. The molecule has 19 heavy (non-hydrogen) atoms. The van der Waals surface area contributed by atoms with Crippen molar-refractivity contribution in [2.24, 2.45) is 5.11 Å². The Morgan fingerprint density at radius 1 is 1.16 bits per heavy atom. The number of nitrogens with zero attached hydrogens (tertiary/aromatic N) is 3. The summed E-state index contributed by atoms with van der Waals surface area (Å²) >= 11 is 0. The lowest BCUT2D eigenvalue weighted by molar-refractivity contribution is -0.138. The summed E-state index contributed by atoms with van der Waals surface area (Å²) in [5.74, 6) is -1.30. The predicted molar refractivity (Wildman–Crippen MR) is 65.5 cm³/mol. The van der Waals surface area contributed by atoms with Gasteiger partial charge in [-0.1, -0.05) is 5.11 Å². The molecule has 0 heterocycles. The van der Waals surface area contributed by atoms with Crippen LogP contribution in [0.4, 0.5) is 0 Å². The van der Waals surface area contributed by atoms with Crippen LogP contribution in [0.5, 0.6) is 0 Å². The number of ether oxygens (including phenoxy) is 2. The number of carboxylic acids is 1. The Labute approximate surface area is 110 Å². The van der Waals surface area contributed by atoms with Crippen molar-refractivity contribution in [1.29, 1.82) is 0 Å². The van der Waals surface area contributed by atoms with E-state index in [-0.39, 0.29) is 25.3 Å².